The summed E-state index contributed by atoms with van der Waals surface area (Å²) in [5.41, 5.74) is 2.49. The van der Waals surface area contributed by atoms with E-state index < -0.39 is 0 Å². The van der Waals surface area contributed by atoms with Crippen molar-refractivity contribution >= 4 is 16.8 Å². The van der Waals surface area contributed by atoms with Crippen LogP contribution in [0.2, 0.25) is 0 Å². The van der Waals surface area contributed by atoms with Gasteiger partial charge in [-0.05, 0) is 36.9 Å². The topological polar surface area (TPSA) is 78.3 Å². The van der Waals surface area contributed by atoms with Gasteiger partial charge in [-0.2, -0.15) is 4.98 Å². The van der Waals surface area contributed by atoms with E-state index in [-0.39, 0.29) is 11.9 Å². The number of aromatic amines is 1. The summed E-state index contributed by atoms with van der Waals surface area (Å²) in [7, 11) is 0. The molecular weight excluding hydrogens is 390 g/mol. The number of nitrogens with one attached hydrogen (secondary N) is 1. The van der Waals surface area contributed by atoms with Crippen LogP contribution < -0.4 is 0 Å². The van der Waals surface area contributed by atoms with Gasteiger partial charge in [0.05, 0.1) is 0 Å². The third kappa shape index (κ3) is 5.34. The highest BCUT2D eigenvalue weighted by Crippen LogP contribution is 2.23. The van der Waals surface area contributed by atoms with Gasteiger partial charge in [0.25, 0.3) is 0 Å². The molecule has 4 rings (SSSR count). The molecule has 1 N–H and O–H groups in total. The van der Waals surface area contributed by atoms with Crippen molar-refractivity contribution in [2.75, 3.05) is 19.6 Å². The monoisotopic (exact) mass is 423 g/mol. The Kier molecular flexibility index (Phi) is 6.70. The number of benzene rings is 1. The second-order valence-corrected chi connectivity index (χ2v) is 9.06. The molecule has 3 aromatic rings. The number of para-hydroxylation sites is 1. The maximum absolute atomic E-state index is 12.5. The highest BCUT2D eigenvalue weighted by molar-refractivity contribution is 5.83. The first-order valence-electron chi connectivity index (χ1n) is 11.4. The number of hydrogen-bond acceptors (Lipinski definition) is 5. The van der Waals surface area contributed by atoms with Gasteiger partial charge in [0, 0.05) is 62.5 Å². The fourth-order valence-electron chi connectivity index (χ4n) is 4.57. The molecule has 0 bridgehead atoms. The molecule has 1 aliphatic heterocycles. The number of hydrogen-bond donors (Lipinski definition) is 1. The SMILES string of the molecule is CC(=O)N(CCc1noc(CC(C)C)n1)C1CCCN(Cc2c[nH]c3ccccc23)C1. The van der Waals surface area contributed by atoms with Gasteiger partial charge >= 0.3 is 0 Å². The van der Waals surface area contributed by atoms with Crippen LogP contribution in [0.1, 0.15) is 50.9 Å². The zero-order chi connectivity index (χ0) is 21.8. The molecule has 2 aromatic heterocycles. The van der Waals surface area contributed by atoms with E-state index in [1.54, 1.807) is 6.92 Å². The molecule has 3 heterocycles. The Morgan fingerprint density at radius 3 is 3.00 bits per heavy atom. The van der Waals surface area contributed by atoms with Crippen molar-refractivity contribution in [3.63, 3.8) is 0 Å². The lowest BCUT2D eigenvalue weighted by atomic mass is 10.0. The minimum atomic E-state index is 0.116. The molecule has 1 fully saturated rings. The summed E-state index contributed by atoms with van der Waals surface area (Å²) >= 11 is 0. The molecule has 7 nitrogen and oxygen atoms in total. The molecule has 31 heavy (non-hydrogen) atoms. The van der Waals surface area contributed by atoms with Crippen LogP contribution in [0.15, 0.2) is 35.0 Å². The summed E-state index contributed by atoms with van der Waals surface area (Å²) in [6, 6.07) is 8.64. The second kappa shape index (κ2) is 9.64. The van der Waals surface area contributed by atoms with Crippen LogP contribution in [-0.4, -0.2) is 56.5 Å². The van der Waals surface area contributed by atoms with Gasteiger partial charge in [0.15, 0.2) is 5.82 Å². The molecular formula is C24H33N5O2. The van der Waals surface area contributed by atoms with Crippen LogP contribution in [0.4, 0.5) is 0 Å². The quantitative estimate of drug-likeness (QED) is 0.596. The van der Waals surface area contributed by atoms with E-state index >= 15 is 0 Å². The lowest BCUT2D eigenvalue weighted by molar-refractivity contribution is -0.132. The summed E-state index contributed by atoms with van der Waals surface area (Å²) in [6.45, 7) is 9.41. The molecule has 1 saturated heterocycles. The lowest BCUT2D eigenvalue weighted by Crippen LogP contribution is -2.50. The highest BCUT2D eigenvalue weighted by atomic mass is 16.5. The molecule has 0 radical (unpaired) electrons. The Hall–Kier alpha value is -2.67. The minimum Gasteiger partial charge on any atom is -0.361 e. The summed E-state index contributed by atoms with van der Waals surface area (Å²) in [4.78, 5) is 24.8. The average Bonchev–Trinajstić information content (AvgIpc) is 3.35. The second-order valence-electron chi connectivity index (χ2n) is 9.06. The van der Waals surface area contributed by atoms with Crippen molar-refractivity contribution in [2.24, 2.45) is 5.92 Å². The van der Waals surface area contributed by atoms with Crippen LogP contribution in [0.3, 0.4) is 0 Å². The molecule has 7 heteroatoms. The normalized spacial score (nSPS) is 17.5. The standard InChI is InChI=1S/C24H33N5O2/c1-17(2)13-24-26-23(27-31-24)10-12-29(18(3)30)20-7-6-11-28(16-20)15-19-14-25-22-9-5-4-8-21(19)22/h4-5,8-9,14,17,20,25H,6-7,10-13,15-16H2,1-3H3. The lowest BCUT2D eigenvalue weighted by Gasteiger charge is -2.39. The minimum absolute atomic E-state index is 0.116. The molecule has 0 aliphatic carbocycles. The average molecular weight is 424 g/mol. The van der Waals surface area contributed by atoms with Crippen LogP contribution in [0.5, 0.6) is 0 Å². The number of amides is 1. The number of rotatable bonds is 8. The number of H-pyrrole nitrogens is 1. The maximum atomic E-state index is 12.5. The van der Waals surface area contributed by atoms with E-state index in [1.165, 1.54) is 16.5 Å². The Morgan fingerprint density at radius 2 is 2.19 bits per heavy atom. The third-order valence-corrected chi connectivity index (χ3v) is 6.06. The molecule has 166 valence electrons. The van der Waals surface area contributed by atoms with Crippen molar-refractivity contribution in [1.29, 1.82) is 0 Å². The van der Waals surface area contributed by atoms with Crippen LogP contribution in [0.25, 0.3) is 10.9 Å². The van der Waals surface area contributed by atoms with Crippen molar-refractivity contribution in [1.82, 2.24) is 24.9 Å². The third-order valence-electron chi connectivity index (χ3n) is 6.06. The molecule has 1 aromatic carbocycles. The number of nitrogens with zero attached hydrogens (tertiary/aromatic N) is 4. The van der Waals surface area contributed by atoms with Crippen molar-refractivity contribution in [2.45, 2.75) is 59.0 Å². The predicted molar refractivity (Wildman–Crippen MR) is 121 cm³/mol. The molecule has 0 spiro atoms. The van der Waals surface area contributed by atoms with E-state index in [1.807, 2.05) is 4.90 Å². The molecule has 0 saturated carbocycles. The Balaban J connectivity index is 1.37. The number of carbonyl (C=O) groups is 1. The zero-order valence-electron chi connectivity index (χ0n) is 18.8. The van der Waals surface area contributed by atoms with Gasteiger partial charge in [-0.1, -0.05) is 37.2 Å². The first kappa shape index (κ1) is 21.6. The van der Waals surface area contributed by atoms with Crippen molar-refractivity contribution < 1.29 is 9.32 Å². The van der Waals surface area contributed by atoms with Crippen LogP contribution >= 0.6 is 0 Å². The van der Waals surface area contributed by atoms with Gasteiger partial charge in [0.2, 0.25) is 11.8 Å². The molecule has 1 amide bonds. The predicted octanol–water partition coefficient (Wildman–Crippen LogP) is 3.81. The fraction of sp³-hybridized carbons (Fsp3) is 0.542. The number of aromatic nitrogens is 3. The van der Waals surface area contributed by atoms with Gasteiger partial charge in [-0.3, -0.25) is 9.69 Å². The van der Waals surface area contributed by atoms with Gasteiger partial charge in [0.1, 0.15) is 0 Å². The van der Waals surface area contributed by atoms with Crippen molar-refractivity contribution in [3.8, 4) is 0 Å². The number of likely N-dealkylation sites (tertiary alicyclic amines) is 1. The summed E-state index contributed by atoms with van der Waals surface area (Å²) < 4.78 is 5.35. The van der Waals surface area contributed by atoms with E-state index in [0.29, 0.717) is 30.6 Å². The Labute approximate surface area is 183 Å². The van der Waals surface area contributed by atoms with E-state index in [4.69, 9.17) is 4.52 Å². The molecule has 1 aliphatic rings. The van der Waals surface area contributed by atoms with E-state index in [0.717, 1.165) is 38.9 Å². The maximum Gasteiger partial charge on any atom is 0.226 e. The van der Waals surface area contributed by atoms with Crippen LogP contribution in [0, 0.1) is 5.92 Å². The summed E-state index contributed by atoms with van der Waals surface area (Å²) in [6.07, 6.45) is 5.66. The number of fused-ring (bicyclic) bond motifs is 1. The largest absolute Gasteiger partial charge is 0.361 e. The highest BCUT2D eigenvalue weighted by Gasteiger charge is 2.27. The Morgan fingerprint density at radius 1 is 1.35 bits per heavy atom. The van der Waals surface area contributed by atoms with Gasteiger partial charge in [-0.15, -0.1) is 0 Å². The molecule has 1 unspecified atom stereocenters. The number of carbonyl (C=O) groups excluding carboxylic acids is 1. The smallest absolute Gasteiger partial charge is 0.226 e. The first-order chi connectivity index (χ1) is 15.0. The van der Waals surface area contributed by atoms with Gasteiger partial charge in [-0.25, -0.2) is 0 Å². The Bertz CT molecular complexity index is 1010. The summed E-state index contributed by atoms with van der Waals surface area (Å²) in [5.74, 6) is 1.97. The van der Waals surface area contributed by atoms with Crippen LogP contribution in [-0.2, 0) is 24.2 Å². The fourth-order valence-corrected chi connectivity index (χ4v) is 4.57. The number of piperidine rings is 1. The molecule has 1 atom stereocenters. The zero-order valence-corrected chi connectivity index (χ0v) is 18.8. The summed E-state index contributed by atoms with van der Waals surface area (Å²) in [5, 5.41) is 5.38. The van der Waals surface area contributed by atoms with Gasteiger partial charge < -0.3 is 14.4 Å². The van der Waals surface area contributed by atoms with E-state index in [9.17, 15) is 4.79 Å². The first-order valence-corrected chi connectivity index (χ1v) is 11.4. The van der Waals surface area contributed by atoms with Crippen molar-refractivity contribution in [3.05, 3.63) is 47.7 Å². The van der Waals surface area contributed by atoms with E-state index in [2.05, 4.69) is 64.3 Å².